The van der Waals surface area contributed by atoms with E-state index in [1.165, 1.54) is 0 Å². The first-order valence-electron chi connectivity index (χ1n) is 7.64. The van der Waals surface area contributed by atoms with Gasteiger partial charge in [-0.05, 0) is 31.2 Å². The number of hydrogen-bond donors (Lipinski definition) is 2. The fraction of sp³-hybridized carbons (Fsp3) is 0.111. The van der Waals surface area contributed by atoms with Gasteiger partial charge in [0.1, 0.15) is 5.69 Å². The van der Waals surface area contributed by atoms with E-state index in [1.54, 1.807) is 31.2 Å². The third-order valence-corrected chi connectivity index (χ3v) is 3.33. The second-order valence-corrected chi connectivity index (χ2v) is 5.26. The van der Waals surface area contributed by atoms with Crippen LogP contribution in [0, 0.1) is 6.92 Å². The number of carbonyl (C=O) groups is 2. The van der Waals surface area contributed by atoms with E-state index in [2.05, 4.69) is 20.6 Å². The van der Waals surface area contributed by atoms with Gasteiger partial charge < -0.3 is 10.1 Å². The summed E-state index contributed by atoms with van der Waals surface area (Å²) in [5.74, 6) is -0.319. The number of anilines is 1. The number of amides is 3. The normalized spacial score (nSPS) is 10.3. The summed E-state index contributed by atoms with van der Waals surface area (Å²) in [7, 11) is 0. The molecule has 0 spiro atoms. The summed E-state index contributed by atoms with van der Waals surface area (Å²) in [5.41, 5.74) is 2.58. The van der Waals surface area contributed by atoms with E-state index < -0.39 is 11.9 Å². The first-order valence-corrected chi connectivity index (χ1v) is 7.64. The Morgan fingerprint density at radius 3 is 2.32 bits per heavy atom. The van der Waals surface area contributed by atoms with Crippen LogP contribution in [0.4, 0.5) is 10.5 Å². The molecule has 1 aromatic heterocycles. The number of benzene rings is 2. The molecule has 3 amide bonds. The number of hydrogen-bond acceptors (Lipinski definition) is 5. The Kier molecular flexibility index (Phi) is 4.84. The zero-order valence-electron chi connectivity index (χ0n) is 13.5. The van der Waals surface area contributed by atoms with Crippen molar-refractivity contribution < 1.29 is 14.3 Å². The lowest BCUT2D eigenvalue weighted by Crippen LogP contribution is -2.37. The molecule has 0 bridgehead atoms. The number of aryl methyl sites for hydroxylation is 1. The van der Waals surface area contributed by atoms with Gasteiger partial charge in [-0.1, -0.05) is 30.3 Å². The number of para-hydroxylation sites is 3. The van der Waals surface area contributed by atoms with Crippen LogP contribution in [-0.4, -0.2) is 28.5 Å². The highest BCUT2D eigenvalue weighted by Gasteiger charge is 2.11. The maximum Gasteiger partial charge on any atom is 0.325 e. The third kappa shape index (κ3) is 4.29. The van der Waals surface area contributed by atoms with Gasteiger partial charge in [-0.2, -0.15) is 0 Å². The van der Waals surface area contributed by atoms with Crippen LogP contribution in [0.1, 0.15) is 5.69 Å². The minimum Gasteiger partial charge on any atom is -0.466 e. The molecule has 126 valence electrons. The Hall–Kier alpha value is -3.48. The molecule has 0 radical (unpaired) electrons. The Morgan fingerprint density at radius 2 is 1.60 bits per heavy atom. The number of imide groups is 1. The molecule has 7 nitrogen and oxygen atoms in total. The van der Waals surface area contributed by atoms with Crippen molar-refractivity contribution in [2.75, 3.05) is 11.9 Å². The van der Waals surface area contributed by atoms with Crippen LogP contribution in [0.25, 0.3) is 11.0 Å². The van der Waals surface area contributed by atoms with E-state index in [0.29, 0.717) is 16.9 Å². The van der Waals surface area contributed by atoms with Crippen LogP contribution < -0.4 is 15.4 Å². The molecule has 3 rings (SSSR count). The van der Waals surface area contributed by atoms with Gasteiger partial charge in [0.15, 0.2) is 6.61 Å². The van der Waals surface area contributed by atoms with Crippen molar-refractivity contribution >= 4 is 28.7 Å². The number of carbonyl (C=O) groups excluding carboxylic acids is 2. The predicted octanol–water partition coefficient (Wildman–Crippen LogP) is 2.67. The van der Waals surface area contributed by atoms with Crippen LogP contribution in [0.3, 0.4) is 0 Å². The van der Waals surface area contributed by atoms with Gasteiger partial charge in [-0.25, -0.2) is 14.8 Å². The number of rotatable bonds is 4. The number of fused-ring (bicyclic) bond motifs is 1. The van der Waals surface area contributed by atoms with Gasteiger partial charge in [0.2, 0.25) is 5.88 Å². The average molecular weight is 336 g/mol. The van der Waals surface area contributed by atoms with Crippen LogP contribution >= 0.6 is 0 Å². The second-order valence-electron chi connectivity index (χ2n) is 5.26. The smallest absolute Gasteiger partial charge is 0.325 e. The molecule has 0 fully saturated rings. The monoisotopic (exact) mass is 336 g/mol. The standard InChI is InChI=1S/C18H16N4O3/c1-12-17(21-15-10-6-5-9-14(15)19-12)25-11-16(23)22-18(24)20-13-7-3-2-4-8-13/h2-10H,11H2,1H3,(H2,20,22,23,24). The first-order chi connectivity index (χ1) is 12.1. The lowest BCUT2D eigenvalue weighted by Gasteiger charge is -2.09. The van der Waals surface area contributed by atoms with Crippen molar-refractivity contribution in [3.05, 3.63) is 60.3 Å². The van der Waals surface area contributed by atoms with Gasteiger partial charge in [0.25, 0.3) is 5.91 Å². The molecule has 2 N–H and O–H groups in total. The predicted molar refractivity (Wildman–Crippen MR) is 93.4 cm³/mol. The fourth-order valence-corrected chi connectivity index (χ4v) is 2.19. The second kappa shape index (κ2) is 7.39. The molecule has 0 aliphatic carbocycles. The summed E-state index contributed by atoms with van der Waals surface area (Å²) < 4.78 is 5.39. The molecule has 7 heteroatoms. The van der Waals surface area contributed by atoms with E-state index in [9.17, 15) is 9.59 Å². The summed E-state index contributed by atoms with van der Waals surface area (Å²) in [6, 6.07) is 15.6. The molecule has 2 aromatic carbocycles. The van der Waals surface area contributed by atoms with E-state index in [-0.39, 0.29) is 12.5 Å². The number of nitrogens with zero attached hydrogens (tertiary/aromatic N) is 2. The largest absolute Gasteiger partial charge is 0.466 e. The Balaban J connectivity index is 1.57. The molecule has 1 heterocycles. The van der Waals surface area contributed by atoms with E-state index in [4.69, 9.17) is 4.74 Å². The number of aromatic nitrogens is 2. The Morgan fingerprint density at radius 1 is 0.960 bits per heavy atom. The van der Waals surface area contributed by atoms with Crippen LogP contribution in [-0.2, 0) is 4.79 Å². The fourth-order valence-electron chi connectivity index (χ4n) is 2.19. The zero-order valence-corrected chi connectivity index (χ0v) is 13.5. The highest BCUT2D eigenvalue weighted by molar-refractivity contribution is 6.01. The van der Waals surface area contributed by atoms with Gasteiger partial charge in [-0.15, -0.1) is 0 Å². The molecular weight excluding hydrogens is 320 g/mol. The lowest BCUT2D eigenvalue weighted by molar-refractivity contribution is -0.122. The molecule has 0 aliphatic heterocycles. The van der Waals surface area contributed by atoms with Gasteiger partial charge in [0.05, 0.1) is 11.0 Å². The number of nitrogens with one attached hydrogen (secondary N) is 2. The Labute approximate surface area is 144 Å². The molecule has 25 heavy (non-hydrogen) atoms. The SMILES string of the molecule is Cc1nc2ccccc2nc1OCC(=O)NC(=O)Nc1ccccc1. The van der Waals surface area contributed by atoms with Crippen LogP contribution in [0.15, 0.2) is 54.6 Å². The van der Waals surface area contributed by atoms with Gasteiger partial charge in [0, 0.05) is 5.69 Å². The van der Waals surface area contributed by atoms with E-state index >= 15 is 0 Å². The molecular formula is C18H16N4O3. The highest BCUT2D eigenvalue weighted by atomic mass is 16.5. The first kappa shape index (κ1) is 16.4. The topological polar surface area (TPSA) is 93.2 Å². The molecule has 3 aromatic rings. The van der Waals surface area contributed by atoms with Crippen LogP contribution in [0.2, 0.25) is 0 Å². The molecule has 0 saturated heterocycles. The molecule has 0 saturated carbocycles. The van der Waals surface area contributed by atoms with Crippen molar-refractivity contribution in [1.29, 1.82) is 0 Å². The highest BCUT2D eigenvalue weighted by Crippen LogP contribution is 2.17. The van der Waals surface area contributed by atoms with Crippen molar-refractivity contribution in [3.8, 4) is 5.88 Å². The van der Waals surface area contributed by atoms with Crippen LogP contribution in [0.5, 0.6) is 5.88 Å². The van der Waals surface area contributed by atoms with Crippen molar-refractivity contribution in [1.82, 2.24) is 15.3 Å². The Bertz CT molecular complexity index is 913. The van der Waals surface area contributed by atoms with Gasteiger partial charge >= 0.3 is 6.03 Å². The van der Waals surface area contributed by atoms with E-state index in [1.807, 2.05) is 30.3 Å². The van der Waals surface area contributed by atoms with Crippen molar-refractivity contribution in [2.45, 2.75) is 6.92 Å². The molecule has 0 aliphatic rings. The van der Waals surface area contributed by atoms with Crippen molar-refractivity contribution in [3.63, 3.8) is 0 Å². The minimum atomic E-state index is -0.624. The molecule has 0 atom stereocenters. The summed E-state index contributed by atoms with van der Waals surface area (Å²) in [6.07, 6.45) is 0. The molecule has 0 unspecified atom stereocenters. The third-order valence-electron chi connectivity index (χ3n) is 3.33. The lowest BCUT2D eigenvalue weighted by atomic mass is 10.3. The average Bonchev–Trinajstić information content (AvgIpc) is 2.60. The summed E-state index contributed by atoms with van der Waals surface area (Å²) in [5, 5.41) is 4.75. The summed E-state index contributed by atoms with van der Waals surface area (Å²) in [6.45, 7) is 1.41. The zero-order chi connectivity index (χ0) is 17.6. The maximum atomic E-state index is 11.8. The number of urea groups is 1. The van der Waals surface area contributed by atoms with Crippen molar-refractivity contribution in [2.24, 2.45) is 0 Å². The van der Waals surface area contributed by atoms with Gasteiger partial charge in [-0.3, -0.25) is 10.1 Å². The van der Waals surface area contributed by atoms with E-state index in [0.717, 1.165) is 5.52 Å². The summed E-state index contributed by atoms with van der Waals surface area (Å²) >= 11 is 0. The quantitative estimate of drug-likeness (QED) is 0.764. The summed E-state index contributed by atoms with van der Waals surface area (Å²) in [4.78, 5) is 32.3. The number of ether oxygens (including phenoxy) is 1. The minimum absolute atomic E-state index is 0.261. The maximum absolute atomic E-state index is 11.8.